The number of nitrogens with zero attached hydrogens (tertiary/aromatic N) is 2. The van der Waals surface area contributed by atoms with Gasteiger partial charge >= 0.3 is 0 Å². The quantitative estimate of drug-likeness (QED) is 0.682. The van der Waals surface area contributed by atoms with Crippen molar-refractivity contribution in [2.24, 2.45) is 0 Å². The monoisotopic (exact) mass is 421 g/mol. The molecule has 2 amide bonds. The van der Waals surface area contributed by atoms with Crippen LogP contribution < -0.4 is 0 Å². The molecule has 2 heterocycles. The van der Waals surface area contributed by atoms with Crippen LogP contribution in [0.4, 0.5) is 4.39 Å². The minimum Gasteiger partial charge on any atom is -0.380 e. The van der Waals surface area contributed by atoms with Crippen LogP contribution in [0.5, 0.6) is 0 Å². The summed E-state index contributed by atoms with van der Waals surface area (Å²) in [6.07, 6.45) is 0.997. The fourth-order valence-corrected chi connectivity index (χ4v) is 4.40. The van der Waals surface area contributed by atoms with Gasteiger partial charge in [-0.05, 0) is 43.5 Å². The van der Waals surface area contributed by atoms with Crippen LogP contribution in [-0.2, 0) is 4.79 Å². The Morgan fingerprint density at radius 3 is 2.39 bits per heavy atom. The van der Waals surface area contributed by atoms with Gasteiger partial charge in [0.2, 0.25) is 0 Å². The number of carbonyl (C=O) groups is 2. The molecule has 2 aliphatic rings. The van der Waals surface area contributed by atoms with Crippen LogP contribution in [0.1, 0.15) is 28.9 Å². The molecule has 1 saturated heterocycles. The van der Waals surface area contributed by atoms with Gasteiger partial charge < -0.3 is 19.9 Å². The normalized spacial score (nSPS) is 17.8. The van der Waals surface area contributed by atoms with Gasteiger partial charge in [0.1, 0.15) is 11.4 Å². The number of piperazine rings is 1. The average molecular weight is 421 g/mol. The number of halogens is 1. The van der Waals surface area contributed by atoms with Gasteiger partial charge in [-0.3, -0.25) is 9.59 Å². The second-order valence-electron chi connectivity index (χ2n) is 8.48. The first kappa shape index (κ1) is 19.8. The lowest BCUT2D eigenvalue weighted by Crippen LogP contribution is -2.53. The van der Waals surface area contributed by atoms with Gasteiger partial charge in [-0.2, -0.15) is 0 Å². The number of rotatable bonds is 3. The van der Waals surface area contributed by atoms with Gasteiger partial charge in [0.25, 0.3) is 11.8 Å². The summed E-state index contributed by atoms with van der Waals surface area (Å²) in [5.74, 6) is -1.20. The maximum absolute atomic E-state index is 15.0. The Kier molecular flexibility index (Phi) is 4.59. The molecule has 2 N–H and O–H groups in total. The van der Waals surface area contributed by atoms with E-state index in [0.717, 1.165) is 27.7 Å². The number of carbonyl (C=O) groups excluding carboxylic acids is 2. The molecule has 0 bridgehead atoms. The molecule has 1 aliphatic carbocycles. The van der Waals surface area contributed by atoms with E-state index < -0.39 is 11.4 Å². The number of aromatic amines is 1. The molecule has 1 aliphatic heterocycles. The lowest BCUT2D eigenvalue weighted by atomic mass is 10.00. The van der Waals surface area contributed by atoms with Crippen molar-refractivity contribution in [1.29, 1.82) is 0 Å². The van der Waals surface area contributed by atoms with Gasteiger partial charge in [-0.15, -0.1) is 0 Å². The number of fused-ring (bicyclic) bond motifs is 1. The Morgan fingerprint density at radius 1 is 1.03 bits per heavy atom. The van der Waals surface area contributed by atoms with E-state index in [9.17, 15) is 19.1 Å². The zero-order valence-electron chi connectivity index (χ0n) is 17.3. The van der Waals surface area contributed by atoms with E-state index in [1.165, 1.54) is 6.07 Å². The van der Waals surface area contributed by atoms with Crippen molar-refractivity contribution in [1.82, 2.24) is 14.8 Å². The average Bonchev–Trinajstić information content (AvgIpc) is 3.43. The molecule has 7 heteroatoms. The summed E-state index contributed by atoms with van der Waals surface area (Å²) in [6.45, 7) is 3.29. The number of aliphatic hydroxyl groups is 1. The highest BCUT2D eigenvalue weighted by atomic mass is 19.1. The van der Waals surface area contributed by atoms with Gasteiger partial charge in [-0.25, -0.2) is 4.39 Å². The molecule has 31 heavy (non-hydrogen) atoms. The third-order valence-electron chi connectivity index (χ3n) is 6.36. The molecule has 2 fully saturated rings. The van der Waals surface area contributed by atoms with E-state index in [2.05, 4.69) is 4.98 Å². The van der Waals surface area contributed by atoms with Crippen LogP contribution in [0.2, 0.25) is 0 Å². The van der Waals surface area contributed by atoms with Gasteiger partial charge in [0.05, 0.1) is 5.56 Å². The summed E-state index contributed by atoms with van der Waals surface area (Å²) in [4.78, 5) is 31.6. The third-order valence-corrected chi connectivity index (χ3v) is 6.36. The lowest BCUT2D eigenvalue weighted by molar-refractivity contribution is -0.143. The van der Waals surface area contributed by atoms with E-state index >= 15 is 0 Å². The Morgan fingerprint density at radius 2 is 1.71 bits per heavy atom. The molecule has 0 radical (unpaired) electrons. The van der Waals surface area contributed by atoms with Crippen LogP contribution in [0.3, 0.4) is 0 Å². The molecule has 0 atom stereocenters. The molecule has 0 unspecified atom stereocenters. The van der Waals surface area contributed by atoms with E-state index in [4.69, 9.17) is 0 Å². The molecule has 3 aromatic rings. The summed E-state index contributed by atoms with van der Waals surface area (Å²) in [5, 5.41) is 11.0. The number of benzene rings is 2. The highest BCUT2D eigenvalue weighted by Crippen LogP contribution is 2.37. The largest absolute Gasteiger partial charge is 0.380 e. The van der Waals surface area contributed by atoms with Crippen LogP contribution in [0, 0.1) is 12.7 Å². The second kappa shape index (κ2) is 7.20. The lowest BCUT2D eigenvalue weighted by Gasteiger charge is -2.35. The third kappa shape index (κ3) is 3.39. The predicted molar refractivity (Wildman–Crippen MR) is 115 cm³/mol. The highest BCUT2D eigenvalue weighted by Gasteiger charge is 2.50. The van der Waals surface area contributed by atoms with E-state index in [0.29, 0.717) is 39.0 Å². The summed E-state index contributed by atoms with van der Waals surface area (Å²) in [6, 6.07) is 12.6. The molecule has 5 rings (SSSR count). The number of aromatic nitrogens is 1. The van der Waals surface area contributed by atoms with Crippen molar-refractivity contribution in [3.8, 4) is 11.1 Å². The zero-order chi connectivity index (χ0) is 21.8. The van der Waals surface area contributed by atoms with Crippen LogP contribution in [0.15, 0.2) is 42.5 Å². The fourth-order valence-electron chi connectivity index (χ4n) is 4.40. The van der Waals surface area contributed by atoms with Crippen molar-refractivity contribution >= 4 is 22.7 Å². The smallest absolute Gasteiger partial charge is 0.256 e. The minimum absolute atomic E-state index is 0.0295. The summed E-state index contributed by atoms with van der Waals surface area (Å²) in [7, 11) is 0. The van der Waals surface area contributed by atoms with Gasteiger partial charge in [0, 0.05) is 48.3 Å². The standard InChI is InChI=1S/C24H24FN3O3/c1-15-21(18-4-2-3-5-20(18)26-15)16-6-7-17(19(25)14-16)22(29)27-10-12-28(13-11-27)23(30)24(31)8-9-24/h2-7,14,26,31H,8-13H2,1H3. The summed E-state index contributed by atoms with van der Waals surface area (Å²) < 4.78 is 15.0. The minimum atomic E-state index is -1.20. The molecule has 1 aromatic heterocycles. The maximum atomic E-state index is 15.0. The molecular weight excluding hydrogens is 397 g/mol. The van der Waals surface area contributed by atoms with Gasteiger partial charge in [-0.1, -0.05) is 24.3 Å². The zero-order valence-corrected chi connectivity index (χ0v) is 17.3. The first-order chi connectivity index (χ1) is 14.9. The van der Waals surface area contributed by atoms with Crippen LogP contribution in [-0.4, -0.2) is 63.5 Å². The van der Waals surface area contributed by atoms with Gasteiger partial charge in [0.15, 0.2) is 0 Å². The van der Waals surface area contributed by atoms with Crippen molar-refractivity contribution in [2.75, 3.05) is 26.2 Å². The topological polar surface area (TPSA) is 76.6 Å². The number of amides is 2. The molecule has 0 spiro atoms. The highest BCUT2D eigenvalue weighted by molar-refractivity contribution is 5.99. The molecule has 6 nitrogen and oxygen atoms in total. The SMILES string of the molecule is Cc1[nH]c2ccccc2c1-c1ccc(C(=O)N2CCN(C(=O)C3(O)CC3)CC2)c(F)c1. The van der Waals surface area contributed by atoms with Crippen molar-refractivity contribution in [3.05, 3.63) is 59.5 Å². The number of hydrogen-bond acceptors (Lipinski definition) is 3. The van der Waals surface area contributed by atoms with Crippen LogP contribution in [0.25, 0.3) is 22.0 Å². The first-order valence-corrected chi connectivity index (χ1v) is 10.6. The molecule has 1 saturated carbocycles. The van der Waals surface area contributed by atoms with Crippen molar-refractivity contribution in [3.63, 3.8) is 0 Å². The van der Waals surface area contributed by atoms with E-state index in [1.807, 2.05) is 31.2 Å². The Labute approximate surface area is 179 Å². The maximum Gasteiger partial charge on any atom is 0.256 e. The number of para-hydroxylation sites is 1. The Hall–Kier alpha value is -3.19. The van der Waals surface area contributed by atoms with Crippen LogP contribution >= 0.6 is 0 Å². The summed E-state index contributed by atoms with van der Waals surface area (Å²) >= 11 is 0. The number of aryl methyl sites for hydroxylation is 1. The Balaban J connectivity index is 1.34. The van der Waals surface area contributed by atoms with Crippen molar-refractivity contribution < 1.29 is 19.1 Å². The number of nitrogens with one attached hydrogen (secondary N) is 1. The molecular formula is C24H24FN3O3. The second-order valence-corrected chi connectivity index (χ2v) is 8.48. The summed E-state index contributed by atoms with van der Waals surface area (Å²) in [5.41, 5.74) is 2.41. The molecule has 160 valence electrons. The Bertz CT molecular complexity index is 1190. The van der Waals surface area contributed by atoms with E-state index in [-0.39, 0.29) is 17.4 Å². The first-order valence-electron chi connectivity index (χ1n) is 10.6. The predicted octanol–water partition coefficient (Wildman–Crippen LogP) is 3.09. The van der Waals surface area contributed by atoms with E-state index in [1.54, 1.807) is 21.9 Å². The molecule has 2 aromatic carbocycles. The fraction of sp³-hybridized carbons (Fsp3) is 0.333. The number of H-pyrrole nitrogens is 1. The number of hydrogen-bond donors (Lipinski definition) is 2. The van der Waals surface area contributed by atoms with Crippen molar-refractivity contribution in [2.45, 2.75) is 25.4 Å².